The van der Waals surface area contributed by atoms with Crippen LogP contribution in [0.2, 0.25) is 5.02 Å². The van der Waals surface area contributed by atoms with Crippen molar-refractivity contribution in [1.29, 1.82) is 0 Å². The molecule has 1 atom stereocenters. The van der Waals surface area contributed by atoms with E-state index >= 15 is 0 Å². The van der Waals surface area contributed by atoms with Crippen LogP contribution in [0.25, 0.3) is 0 Å². The molecule has 0 bridgehead atoms. The SMILES string of the molecule is Nc1ccc(NC(=O)C2CCOC2)cc1Cl. The first-order valence-electron chi connectivity index (χ1n) is 5.10. The maximum Gasteiger partial charge on any atom is 0.229 e. The summed E-state index contributed by atoms with van der Waals surface area (Å²) in [5.41, 5.74) is 6.74. The van der Waals surface area contributed by atoms with E-state index in [1.165, 1.54) is 0 Å². The third-order valence-corrected chi connectivity index (χ3v) is 2.90. The molecule has 1 aromatic carbocycles. The summed E-state index contributed by atoms with van der Waals surface area (Å²) >= 11 is 5.86. The predicted octanol–water partition coefficient (Wildman–Crippen LogP) is 1.90. The molecule has 1 heterocycles. The minimum absolute atomic E-state index is 0.0293. The highest BCUT2D eigenvalue weighted by Gasteiger charge is 2.23. The third kappa shape index (κ3) is 2.46. The van der Waals surface area contributed by atoms with Crippen LogP contribution in [0, 0.1) is 5.92 Å². The minimum Gasteiger partial charge on any atom is -0.398 e. The molecule has 1 aliphatic heterocycles. The monoisotopic (exact) mass is 240 g/mol. The summed E-state index contributed by atoms with van der Waals surface area (Å²) in [6.45, 7) is 1.15. The van der Waals surface area contributed by atoms with E-state index in [1.54, 1.807) is 18.2 Å². The van der Waals surface area contributed by atoms with Gasteiger partial charge in [-0.25, -0.2) is 0 Å². The number of ether oxygens (including phenoxy) is 1. The van der Waals surface area contributed by atoms with Gasteiger partial charge in [-0.2, -0.15) is 0 Å². The molecule has 4 nitrogen and oxygen atoms in total. The van der Waals surface area contributed by atoms with E-state index in [1.807, 2.05) is 0 Å². The van der Waals surface area contributed by atoms with Gasteiger partial charge in [0.15, 0.2) is 0 Å². The second-order valence-electron chi connectivity index (χ2n) is 3.79. The fraction of sp³-hybridized carbons (Fsp3) is 0.364. The molecule has 16 heavy (non-hydrogen) atoms. The molecular formula is C11H13ClN2O2. The number of hydrogen-bond donors (Lipinski definition) is 2. The van der Waals surface area contributed by atoms with Crippen LogP contribution in [0.15, 0.2) is 18.2 Å². The van der Waals surface area contributed by atoms with Crippen LogP contribution < -0.4 is 11.1 Å². The van der Waals surface area contributed by atoms with Gasteiger partial charge in [0.05, 0.1) is 23.2 Å². The van der Waals surface area contributed by atoms with E-state index < -0.39 is 0 Å². The summed E-state index contributed by atoms with van der Waals surface area (Å²) in [4.78, 5) is 11.7. The zero-order valence-electron chi connectivity index (χ0n) is 8.70. The van der Waals surface area contributed by atoms with Crippen molar-refractivity contribution in [2.75, 3.05) is 24.3 Å². The highest BCUT2D eigenvalue weighted by atomic mass is 35.5. The number of benzene rings is 1. The second kappa shape index (κ2) is 4.72. The number of hydrogen-bond acceptors (Lipinski definition) is 3. The molecule has 2 rings (SSSR count). The van der Waals surface area contributed by atoms with Gasteiger partial charge in [-0.05, 0) is 24.6 Å². The molecule has 1 amide bonds. The van der Waals surface area contributed by atoms with Gasteiger partial charge in [0, 0.05) is 12.3 Å². The highest BCUT2D eigenvalue weighted by Crippen LogP contribution is 2.23. The van der Waals surface area contributed by atoms with E-state index in [0.717, 1.165) is 6.42 Å². The Balaban J connectivity index is 2.02. The van der Waals surface area contributed by atoms with E-state index in [9.17, 15) is 4.79 Å². The van der Waals surface area contributed by atoms with Crippen LogP contribution in [0.4, 0.5) is 11.4 Å². The Labute approximate surface area is 98.7 Å². The lowest BCUT2D eigenvalue weighted by molar-refractivity contribution is -0.119. The lowest BCUT2D eigenvalue weighted by atomic mass is 10.1. The maximum absolute atomic E-state index is 11.7. The summed E-state index contributed by atoms with van der Waals surface area (Å²) < 4.78 is 5.15. The minimum atomic E-state index is -0.0590. The van der Waals surface area contributed by atoms with Gasteiger partial charge in [0.2, 0.25) is 5.91 Å². The molecule has 86 valence electrons. The molecule has 1 fully saturated rings. The molecule has 3 N–H and O–H groups in total. The molecule has 0 spiro atoms. The molecule has 0 saturated carbocycles. The van der Waals surface area contributed by atoms with Crippen molar-refractivity contribution in [3.63, 3.8) is 0 Å². The largest absolute Gasteiger partial charge is 0.398 e. The van der Waals surface area contributed by atoms with E-state index in [-0.39, 0.29) is 11.8 Å². The summed E-state index contributed by atoms with van der Waals surface area (Å²) in [6, 6.07) is 5.04. The molecular weight excluding hydrogens is 228 g/mol. The van der Waals surface area contributed by atoms with Gasteiger partial charge in [-0.15, -0.1) is 0 Å². The zero-order valence-corrected chi connectivity index (χ0v) is 9.46. The van der Waals surface area contributed by atoms with Crippen molar-refractivity contribution < 1.29 is 9.53 Å². The van der Waals surface area contributed by atoms with Gasteiger partial charge in [-0.1, -0.05) is 11.6 Å². The Morgan fingerprint density at radius 3 is 3.00 bits per heavy atom. The fourth-order valence-corrected chi connectivity index (χ4v) is 1.77. The number of carbonyl (C=O) groups excluding carboxylic acids is 1. The second-order valence-corrected chi connectivity index (χ2v) is 4.19. The van der Waals surface area contributed by atoms with Crippen LogP contribution >= 0.6 is 11.6 Å². The number of halogens is 1. The molecule has 1 saturated heterocycles. The summed E-state index contributed by atoms with van der Waals surface area (Å²) in [7, 11) is 0. The van der Waals surface area contributed by atoms with Crippen molar-refractivity contribution in [3.05, 3.63) is 23.2 Å². The van der Waals surface area contributed by atoms with Crippen molar-refractivity contribution >= 4 is 28.9 Å². The molecule has 1 aliphatic rings. The standard InChI is InChI=1S/C11H13ClN2O2/c12-9-5-8(1-2-10(9)13)14-11(15)7-3-4-16-6-7/h1-2,5,7H,3-4,6,13H2,(H,14,15). The summed E-state index contributed by atoms with van der Waals surface area (Å²) in [6.07, 6.45) is 0.772. The number of anilines is 2. The molecule has 0 radical (unpaired) electrons. The Morgan fingerprint density at radius 2 is 2.38 bits per heavy atom. The molecule has 1 unspecified atom stereocenters. The van der Waals surface area contributed by atoms with Crippen LogP contribution in [0.5, 0.6) is 0 Å². The molecule has 1 aromatic rings. The number of rotatable bonds is 2. The Morgan fingerprint density at radius 1 is 1.56 bits per heavy atom. The van der Waals surface area contributed by atoms with E-state index in [2.05, 4.69) is 5.32 Å². The Kier molecular flexibility index (Phi) is 3.31. The first-order chi connectivity index (χ1) is 7.66. The van der Waals surface area contributed by atoms with Crippen molar-refractivity contribution in [3.8, 4) is 0 Å². The summed E-state index contributed by atoms with van der Waals surface area (Å²) in [5.74, 6) is -0.0883. The van der Waals surface area contributed by atoms with E-state index in [4.69, 9.17) is 22.1 Å². The van der Waals surface area contributed by atoms with E-state index in [0.29, 0.717) is 29.6 Å². The topological polar surface area (TPSA) is 64.3 Å². The van der Waals surface area contributed by atoms with Crippen molar-refractivity contribution in [2.45, 2.75) is 6.42 Å². The Hall–Kier alpha value is -1.26. The van der Waals surface area contributed by atoms with Crippen molar-refractivity contribution in [1.82, 2.24) is 0 Å². The van der Waals surface area contributed by atoms with Crippen LogP contribution in [-0.4, -0.2) is 19.1 Å². The lowest BCUT2D eigenvalue weighted by Gasteiger charge is -2.10. The third-order valence-electron chi connectivity index (χ3n) is 2.57. The smallest absolute Gasteiger partial charge is 0.229 e. The zero-order chi connectivity index (χ0) is 11.5. The first kappa shape index (κ1) is 11.2. The van der Waals surface area contributed by atoms with Crippen LogP contribution in [-0.2, 0) is 9.53 Å². The average Bonchev–Trinajstić information content (AvgIpc) is 2.77. The quantitative estimate of drug-likeness (QED) is 0.776. The van der Waals surface area contributed by atoms with Gasteiger partial charge in [0.25, 0.3) is 0 Å². The number of amides is 1. The molecule has 0 aromatic heterocycles. The molecule has 0 aliphatic carbocycles. The van der Waals surface area contributed by atoms with Crippen LogP contribution in [0.3, 0.4) is 0 Å². The molecule has 5 heteroatoms. The number of nitrogens with two attached hydrogens (primary N) is 1. The average molecular weight is 241 g/mol. The maximum atomic E-state index is 11.7. The first-order valence-corrected chi connectivity index (χ1v) is 5.48. The van der Waals surface area contributed by atoms with Gasteiger partial charge in [-0.3, -0.25) is 4.79 Å². The lowest BCUT2D eigenvalue weighted by Crippen LogP contribution is -2.22. The number of carbonyl (C=O) groups is 1. The predicted molar refractivity (Wildman–Crippen MR) is 63.4 cm³/mol. The Bertz CT molecular complexity index is 403. The van der Waals surface area contributed by atoms with Crippen molar-refractivity contribution in [2.24, 2.45) is 5.92 Å². The summed E-state index contributed by atoms with van der Waals surface area (Å²) in [5, 5.41) is 3.24. The normalized spacial score (nSPS) is 19.7. The number of nitrogen functional groups attached to an aromatic ring is 1. The van der Waals surface area contributed by atoms with Gasteiger partial charge >= 0.3 is 0 Å². The fourth-order valence-electron chi connectivity index (χ4n) is 1.59. The van der Waals surface area contributed by atoms with Gasteiger partial charge in [0.1, 0.15) is 0 Å². The van der Waals surface area contributed by atoms with Gasteiger partial charge < -0.3 is 15.8 Å². The highest BCUT2D eigenvalue weighted by molar-refractivity contribution is 6.33. The van der Waals surface area contributed by atoms with Crippen LogP contribution in [0.1, 0.15) is 6.42 Å². The number of nitrogens with one attached hydrogen (secondary N) is 1.